The van der Waals surface area contributed by atoms with Gasteiger partial charge >= 0.3 is 0 Å². The maximum Gasteiger partial charge on any atom is 0.252 e. The Bertz CT molecular complexity index is 775. The quantitative estimate of drug-likeness (QED) is 0.803. The van der Waals surface area contributed by atoms with Crippen molar-refractivity contribution in [2.75, 3.05) is 20.2 Å². The lowest BCUT2D eigenvalue weighted by atomic mass is 10.0. The van der Waals surface area contributed by atoms with E-state index >= 15 is 0 Å². The third kappa shape index (κ3) is 5.24. The number of nitrogens with one attached hydrogen (secondary N) is 1. The number of halogens is 1. The molecule has 0 saturated carbocycles. The first-order chi connectivity index (χ1) is 13.1. The average Bonchev–Trinajstić information content (AvgIpc) is 2.72. The predicted molar refractivity (Wildman–Crippen MR) is 111 cm³/mol. The normalized spacial score (nSPS) is 15.3. The molecule has 0 aliphatic carbocycles. The van der Waals surface area contributed by atoms with Crippen LogP contribution in [0.5, 0.6) is 5.75 Å². The minimum Gasteiger partial charge on any atom is -0.497 e. The number of benzene rings is 2. The molecule has 1 saturated heterocycles. The van der Waals surface area contributed by atoms with Gasteiger partial charge < -0.3 is 20.7 Å². The minimum atomic E-state index is -0.727. The van der Waals surface area contributed by atoms with Crippen molar-refractivity contribution in [1.29, 1.82) is 0 Å². The molecule has 0 radical (unpaired) electrons. The van der Waals surface area contributed by atoms with Crippen molar-refractivity contribution >= 4 is 24.2 Å². The molecule has 3 rings (SSSR count). The predicted octanol–water partition coefficient (Wildman–Crippen LogP) is 2.54. The summed E-state index contributed by atoms with van der Waals surface area (Å²) in [4.78, 5) is 27.6. The summed E-state index contributed by atoms with van der Waals surface area (Å²) in [5.74, 6) is 0.274. The molecule has 2 aromatic carbocycles. The first kappa shape index (κ1) is 21.7. The van der Waals surface area contributed by atoms with Gasteiger partial charge in [0.15, 0.2) is 0 Å². The Labute approximate surface area is 171 Å². The van der Waals surface area contributed by atoms with Crippen LogP contribution >= 0.6 is 12.4 Å². The van der Waals surface area contributed by atoms with E-state index in [4.69, 9.17) is 10.5 Å². The molecular formula is C21H26ClN3O3. The standard InChI is InChI=1S/C21H25N3O3.ClH/c1-27-18-9-7-16(8-10-18)20(25)23-19(15-5-3-2-4-6-15)21(26)24-13-11-17(22)12-14-24;/h2-10,17,19H,11-14,22H2,1H3,(H,23,25);1H. The summed E-state index contributed by atoms with van der Waals surface area (Å²) in [5.41, 5.74) is 7.19. The van der Waals surface area contributed by atoms with E-state index in [-0.39, 0.29) is 30.3 Å². The maximum absolute atomic E-state index is 13.1. The van der Waals surface area contributed by atoms with Gasteiger partial charge in [-0.15, -0.1) is 12.4 Å². The number of methoxy groups -OCH3 is 1. The van der Waals surface area contributed by atoms with Gasteiger partial charge in [0.1, 0.15) is 11.8 Å². The molecule has 1 atom stereocenters. The zero-order valence-corrected chi connectivity index (χ0v) is 16.7. The zero-order valence-electron chi connectivity index (χ0n) is 15.8. The second-order valence-electron chi connectivity index (χ2n) is 6.71. The van der Waals surface area contributed by atoms with Crippen LogP contribution in [0.3, 0.4) is 0 Å². The molecular weight excluding hydrogens is 378 g/mol. The third-order valence-electron chi connectivity index (χ3n) is 4.86. The molecule has 2 amide bonds. The van der Waals surface area contributed by atoms with Crippen molar-refractivity contribution in [1.82, 2.24) is 10.2 Å². The summed E-state index contributed by atoms with van der Waals surface area (Å²) in [6, 6.07) is 15.5. The number of hydrogen-bond acceptors (Lipinski definition) is 4. The Hall–Kier alpha value is -2.57. The van der Waals surface area contributed by atoms with Gasteiger partial charge in [0, 0.05) is 24.7 Å². The van der Waals surface area contributed by atoms with Gasteiger partial charge in [0.2, 0.25) is 5.91 Å². The van der Waals surface area contributed by atoms with Crippen molar-refractivity contribution in [3.8, 4) is 5.75 Å². The smallest absolute Gasteiger partial charge is 0.252 e. The van der Waals surface area contributed by atoms with Crippen molar-refractivity contribution < 1.29 is 14.3 Å². The molecule has 0 aromatic heterocycles. The second-order valence-corrected chi connectivity index (χ2v) is 6.71. The van der Waals surface area contributed by atoms with Crippen molar-refractivity contribution in [3.05, 3.63) is 65.7 Å². The van der Waals surface area contributed by atoms with Crippen molar-refractivity contribution in [2.24, 2.45) is 5.73 Å². The lowest BCUT2D eigenvalue weighted by Gasteiger charge is -2.33. The van der Waals surface area contributed by atoms with Crippen molar-refractivity contribution in [2.45, 2.75) is 24.9 Å². The van der Waals surface area contributed by atoms with Crippen LogP contribution in [0.4, 0.5) is 0 Å². The van der Waals surface area contributed by atoms with E-state index in [9.17, 15) is 9.59 Å². The highest BCUT2D eigenvalue weighted by Gasteiger charge is 2.29. The molecule has 1 unspecified atom stereocenters. The highest BCUT2D eigenvalue weighted by Crippen LogP contribution is 2.20. The van der Waals surface area contributed by atoms with Crippen molar-refractivity contribution in [3.63, 3.8) is 0 Å². The van der Waals surface area contributed by atoms with Crippen LogP contribution in [0.2, 0.25) is 0 Å². The Kier molecular flexibility index (Phi) is 7.84. The number of piperidine rings is 1. The Morgan fingerprint density at radius 3 is 2.25 bits per heavy atom. The van der Waals surface area contributed by atoms with Crippen LogP contribution in [0, 0.1) is 0 Å². The largest absolute Gasteiger partial charge is 0.497 e. The summed E-state index contributed by atoms with van der Waals surface area (Å²) in [5, 5.41) is 2.89. The molecule has 3 N–H and O–H groups in total. The third-order valence-corrected chi connectivity index (χ3v) is 4.86. The van der Waals surface area contributed by atoms with Gasteiger partial charge in [-0.1, -0.05) is 30.3 Å². The number of nitrogens with zero attached hydrogens (tertiary/aromatic N) is 1. The molecule has 1 aliphatic rings. The highest BCUT2D eigenvalue weighted by atomic mass is 35.5. The minimum absolute atomic E-state index is 0. The summed E-state index contributed by atoms with van der Waals surface area (Å²) in [7, 11) is 1.57. The van der Waals surface area contributed by atoms with Crippen LogP contribution in [0.1, 0.15) is 34.8 Å². The molecule has 1 heterocycles. The fraction of sp³-hybridized carbons (Fsp3) is 0.333. The van der Waals surface area contributed by atoms with Gasteiger partial charge in [-0.05, 0) is 42.7 Å². The molecule has 6 nitrogen and oxygen atoms in total. The highest BCUT2D eigenvalue weighted by molar-refractivity contribution is 5.98. The Morgan fingerprint density at radius 1 is 1.07 bits per heavy atom. The fourth-order valence-electron chi connectivity index (χ4n) is 3.19. The van der Waals surface area contributed by atoms with Crippen LogP contribution in [0.15, 0.2) is 54.6 Å². The molecule has 7 heteroatoms. The Balaban J connectivity index is 0.00000280. The van der Waals surface area contributed by atoms with E-state index < -0.39 is 6.04 Å². The number of nitrogens with two attached hydrogens (primary N) is 1. The molecule has 150 valence electrons. The first-order valence-electron chi connectivity index (χ1n) is 9.12. The number of rotatable bonds is 5. The lowest BCUT2D eigenvalue weighted by molar-refractivity contribution is -0.134. The topological polar surface area (TPSA) is 84.7 Å². The number of amides is 2. The van der Waals surface area contributed by atoms with Crippen LogP contribution < -0.4 is 15.8 Å². The van der Waals surface area contributed by atoms with E-state index in [1.165, 1.54) is 0 Å². The van der Waals surface area contributed by atoms with Gasteiger partial charge in [-0.3, -0.25) is 9.59 Å². The van der Waals surface area contributed by atoms with E-state index in [2.05, 4.69) is 5.32 Å². The number of carbonyl (C=O) groups is 2. The monoisotopic (exact) mass is 403 g/mol. The van der Waals surface area contributed by atoms with Gasteiger partial charge in [0.05, 0.1) is 7.11 Å². The van der Waals surface area contributed by atoms with E-state index in [1.54, 1.807) is 36.3 Å². The summed E-state index contributed by atoms with van der Waals surface area (Å²) in [6.07, 6.45) is 1.55. The average molecular weight is 404 g/mol. The van der Waals surface area contributed by atoms with E-state index in [1.807, 2.05) is 30.3 Å². The number of likely N-dealkylation sites (tertiary alicyclic amines) is 1. The molecule has 0 bridgehead atoms. The number of ether oxygens (including phenoxy) is 1. The van der Waals surface area contributed by atoms with E-state index in [0.717, 1.165) is 18.4 Å². The zero-order chi connectivity index (χ0) is 19.2. The molecule has 2 aromatic rings. The SMILES string of the molecule is COc1ccc(C(=O)NC(C(=O)N2CCC(N)CC2)c2ccccc2)cc1.Cl. The van der Waals surface area contributed by atoms with Crippen LogP contribution in [0.25, 0.3) is 0 Å². The van der Waals surface area contributed by atoms with Gasteiger partial charge in [0.25, 0.3) is 5.91 Å². The molecule has 1 fully saturated rings. The lowest BCUT2D eigenvalue weighted by Crippen LogP contribution is -2.48. The summed E-state index contributed by atoms with van der Waals surface area (Å²) < 4.78 is 5.12. The molecule has 1 aliphatic heterocycles. The number of carbonyl (C=O) groups excluding carboxylic acids is 2. The van der Waals surface area contributed by atoms with E-state index in [0.29, 0.717) is 24.4 Å². The maximum atomic E-state index is 13.1. The molecule has 28 heavy (non-hydrogen) atoms. The molecule has 0 spiro atoms. The first-order valence-corrected chi connectivity index (χ1v) is 9.12. The Morgan fingerprint density at radius 2 is 1.68 bits per heavy atom. The van der Waals surface area contributed by atoms with Gasteiger partial charge in [-0.2, -0.15) is 0 Å². The number of hydrogen-bond donors (Lipinski definition) is 2. The van der Waals surface area contributed by atoms with Gasteiger partial charge in [-0.25, -0.2) is 0 Å². The summed E-state index contributed by atoms with van der Waals surface area (Å²) in [6.45, 7) is 1.23. The van der Waals surface area contributed by atoms with Crippen LogP contribution in [-0.2, 0) is 4.79 Å². The second kappa shape index (κ2) is 10.1. The fourth-order valence-corrected chi connectivity index (χ4v) is 3.19. The summed E-state index contributed by atoms with van der Waals surface area (Å²) >= 11 is 0. The van der Waals surface area contributed by atoms with Crippen LogP contribution in [-0.4, -0.2) is 43.0 Å².